The number of hydrogen-bond acceptors (Lipinski definition) is 3. The van der Waals surface area contributed by atoms with Crippen LogP contribution in [0.25, 0.3) is 0 Å². The Morgan fingerprint density at radius 3 is 2.45 bits per heavy atom. The first-order chi connectivity index (χ1) is 9.43. The lowest BCUT2D eigenvalue weighted by Gasteiger charge is -2.30. The Morgan fingerprint density at radius 1 is 1.30 bits per heavy atom. The summed E-state index contributed by atoms with van der Waals surface area (Å²) in [5, 5.41) is 14.8. The van der Waals surface area contributed by atoms with E-state index in [1.807, 2.05) is 12.2 Å². The predicted molar refractivity (Wildman–Crippen MR) is 81.6 cm³/mol. The zero-order valence-corrected chi connectivity index (χ0v) is 13.1. The van der Waals surface area contributed by atoms with Crippen LogP contribution in [0.4, 0.5) is 4.79 Å². The van der Waals surface area contributed by atoms with Crippen LogP contribution in [0.15, 0.2) is 12.2 Å². The number of aliphatic hydroxyl groups excluding tert-OH is 1. The molecule has 5 heteroatoms. The van der Waals surface area contributed by atoms with E-state index in [0.717, 1.165) is 13.0 Å². The lowest BCUT2D eigenvalue weighted by Crippen LogP contribution is -2.46. The van der Waals surface area contributed by atoms with Crippen LogP contribution in [0.1, 0.15) is 34.1 Å². The molecule has 0 radical (unpaired) electrons. The lowest BCUT2D eigenvalue weighted by atomic mass is 10.1. The van der Waals surface area contributed by atoms with Crippen molar-refractivity contribution in [2.75, 3.05) is 19.7 Å². The summed E-state index contributed by atoms with van der Waals surface area (Å²) in [6, 6.07) is 0.857. The highest BCUT2D eigenvalue weighted by Gasteiger charge is 2.19. The number of nitrogens with zero attached hydrogens (tertiary/aromatic N) is 1. The van der Waals surface area contributed by atoms with Gasteiger partial charge in [-0.15, -0.1) is 0 Å². The number of aliphatic hydroxyl groups is 1. The fraction of sp³-hybridized carbons (Fsp3) is 0.800. The van der Waals surface area contributed by atoms with Gasteiger partial charge in [0.2, 0.25) is 0 Å². The number of carbonyl (C=O) groups excluding carboxylic acids is 1. The van der Waals surface area contributed by atoms with Gasteiger partial charge in [0.25, 0.3) is 0 Å². The second kappa shape index (κ2) is 8.27. The third-order valence-electron chi connectivity index (χ3n) is 3.71. The molecule has 20 heavy (non-hydrogen) atoms. The molecule has 116 valence electrons. The third kappa shape index (κ3) is 5.51. The molecule has 0 saturated carbocycles. The number of rotatable bonds is 7. The molecule has 0 aromatic heterocycles. The van der Waals surface area contributed by atoms with E-state index < -0.39 is 0 Å². The molecular weight excluding hydrogens is 254 g/mol. The molecule has 0 fully saturated rings. The van der Waals surface area contributed by atoms with Crippen LogP contribution >= 0.6 is 0 Å². The first-order valence-electron chi connectivity index (χ1n) is 7.53. The standard InChI is InChI=1S/C15H29N3O2/c1-11(2)18(12(3)4)8-7-16-15(20)17-14-6-5-13(9-14)10-19/h5-6,11-14,19H,7-10H2,1-4H3,(H2,16,17,20)/t13-,14+/m0/s1. The number of nitrogens with one attached hydrogen (secondary N) is 2. The van der Waals surface area contributed by atoms with Gasteiger partial charge in [0.05, 0.1) is 0 Å². The van der Waals surface area contributed by atoms with Gasteiger partial charge in [0.15, 0.2) is 0 Å². The Bertz CT molecular complexity index is 321. The number of amides is 2. The van der Waals surface area contributed by atoms with Crippen LogP contribution in [0.2, 0.25) is 0 Å². The van der Waals surface area contributed by atoms with E-state index in [0.29, 0.717) is 18.6 Å². The zero-order valence-electron chi connectivity index (χ0n) is 13.1. The fourth-order valence-corrected chi connectivity index (χ4v) is 2.65. The highest BCUT2D eigenvalue weighted by Crippen LogP contribution is 2.16. The Kier molecular flexibility index (Phi) is 7.02. The van der Waals surface area contributed by atoms with Gasteiger partial charge in [-0.2, -0.15) is 0 Å². The summed E-state index contributed by atoms with van der Waals surface area (Å²) in [7, 11) is 0. The summed E-state index contributed by atoms with van der Waals surface area (Å²) >= 11 is 0. The molecule has 0 spiro atoms. The number of carbonyl (C=O) groups is 1. The maximum atomic E-state index is 11.8. The van der Waals surface area contributed by atoms with Crippen molar-refractivity contribution in [2.24, 2.45) is 5.92 Å². The SMILES string of the molecule is CC(C)N(CCNC(=O)N[C@@H]1C=C[C@H](CO)C1)C(C)C. The van der Waals surface area contributed by atoms with Crippen molar-refractivity contribution in [1.82, 2.24) is 15.5 Å². The Balaban J connectivity index is 2.22. The van der Waals surface area contributed by atoms with Gasteiger partial charge in [-0.1, -0.05) is 12.2 Å². The molecule has 0 unspecified atom stereocenters. The topological polar surface area (TPSA) is 64.6 Å². The first-order valence-corrected chi connectivity index (χ1v) is 7.53. The lowest BCUT2D eigenvalue weighted by molar-refractivity contribution is 0.175. The number of urea groups is 1. The molecule has 2 atom stereocenters. The van der Waals surface area contributed by atoms with Crippen LogP contribution in [0.5, 0.6) is 0 Å². The van der Waals surface area contributed by atoms with Crippen LogP contribution in [-0.4, -0.2) is 53.9 Å². The maximum Gasteiger partial charge on any atom is 0.315 e. The van der Waals surface area contributed by atoms with Crippen molar-refractivity contribution in [3.05, 3.63) is 12.2 Å². The van der Waals surface area contributed by atoms with E-state index in [2.05, 4.69) is 43.2 Å². The predicted octanol–water partition coefficient (Wildman–Crippen LogP) is 1.34. The quantitative estimate of drug-likeness (QED) is 0.618. The van der Waals surface area contributed by atoms with E-state index in [4.69, 9.17) is 5.11 Å². The van der Waals surface area contributed by atoms with Crippen molar-refractivity contribution in [3.63, 3.8) is 0 Å². The van der Waals surface area contributed by atoms with Crippen LogP contribution in [-0.2, 0) is 0 Å². The Morgan fingerprint density at radius 2 is 1.95 bits per heavy atom. The minimum Gasteiger partial charge on any atom is -0.396 e. The monoisotopic (exact) mass is 283 g/mol. The smallest absolute Gasteiger partial charge is 0.315 e. The van der Waals surface area contributed by atoms with Gasteiger partial charge in [-0.25, -0.2) is 4.79 Å². The van der Waals surface area contributed by atoms with Crippen LogP contribution < -0.4 is 10.6 Å². The molecule has 0 saturated heterocycles. The molecule has 2 amide bonds. The fourth-order valence-electron chi connectivity index (χ4n) is 2.65. The second-order valence-corrected chi connectivity index (χ2v) is 6.00. The summed E-state index contributed by atoms with van der Waals surface area (Å²) in [5.74, 6) is 0.178. The summed E-state index contributed by atoms with van der Waals surface area (Å²) in [6.07, 6.45) is 4.70. The normalized spacial score (nSPS) is 22.0. The first kappa shape index (κ1) is 17.0. The molecule has 1 aliphatic rings. The summed E-state index contributed by atoms with van der Waals surface area (Å²) in [4.78, 5) is 14.1. The van der Waals surface area contributed by atoms with Crippen molar-refractivity contribution in [3.8, 4) is 0 Å². The zero-order chi connectivity index (χ0) is 15.1. The molecule has 1 aliphatic carbocycles. The van der Waals surface area contributed by atoms with E-state index in [1.165, 1.54) is 0 Å². The van der Waals surface area contributed by atoms with Crippen molar-refractivity contribution in [1.29, 1.82) is 0 Å². The average Bonchev–Trinajstić information content (AvgIpc) is 2.81. The average molecular weight is 283 g/mol. The van der Waals surface area contributed by atoms with E-state index >= 15 is 0 Å². The van der Waals surface area contributed by atoms with E-state index in [-0.39, 0.29) is 24.6 Å². The molecule has 1 rings (SSSR count). The third-order valence-corrected chi connectivity index (χ3v) is 3.71. The molecule has 3 N–H and O–H groups in total. The second-order valence-electron chi connectivity index (χ2n) is 6.00. The largest absolute Gasteiger partial charge is 0.396 e. The van der Waals surface area contributed by atoms with Gasteiger partial charge in [0.1, 0.15) is 0 Å². The van der Waals surface area contributed by atoms with Crippen molar-refractivity contribution < 1.29 is 9.90 Å². The van der Waals surface area contributed by atoms with Crippen molar-refractivity contribution >= 4 is 6.03 Å². The molecular formula is C15H29N3O2. The molecule has 5 nitrogen and oxygen atoms in total. The van der Waals surface area contributed by atoms with Gasteiger partial charge in [-0.05, 0) is 34.1 Å². The van der Waals surface area contributed by atoms with Gasteiger partial charge in [-0.3, -0.25) is 4.90 Å². The highest BCUT2D eigenvalue weighted by molar-refractivity contribution is 5.74. The van der Waals surface area contributed by atoms with Crippen LogP contribution in [0, 0.1) is 5.92 Å². The summed E-state index contributed by atoms with van der Waals surface area (Å²) in [6.45, 7) is 10.3. The van der Waals surface area contributed by atoms with Gasteiger partial charge < -0.3 is 15.7 Å². The molecule has 0 aromatic rings. The van der Waals surface area contributed by atoms with Gasteiger partial charge >= 0.3 is 6.03 Å². The maximum absolute atomic E-state index is 11.8. The summed E-state index contributed by atoms with van der Waals surface area (Å²) in [5.41, 5.74) is 0. The van der Waals surface area contributed by atoms with E-state index in [1.54, 1.807) is 0 Å². The minimum atomic E-state index is -0.134. The molecule has 0 heterocycles. The molecule has 0 bridgehead atoms. The highest BCUT2D eigenvalue weighted by atomic mass is 16.3. The van der Waals surface area contributed by atoms with E-state index in [9.17, 15) is 4.79 Å². The van der Waals surface area contributed by atoms with Gasteiger partial charge in [0, 0.05) is 43.7 Å². The Labute approximate surface area is 122 Å². The molecule has 0 aromatic carbocycles. The summed E-state index contributed by atoms with van der Waals surface area (Å²) < 4.78 is 0. The van der Waals surface area contributed by atoms with Crippen molar-refractivity contribution in [2.45, 2.75) is 52.2 Å². The number of hydrogen-bond donors (Lipinski definition) is 3. The van der Waals surface area contributed by atoms with Crippen LogP contribution in [0.3, 0.4) is 0 Å². The molecule has 0 aliphatic heterocycles. The minimum absolute atomic E-state index is 0.0402. The Hall–Kier alpha value is -1.07.